The average Bonchev–Trinajstić information content (AvgIpc) is 2.97. The second-order valence-corrected chi connectivity index (χ2v) is 7.50. The van der Waals surface area contributed by atoms with E-state index in [0.29, 0.717) is 6.04 Å². The SMILES string of the molecule is CCCNC(CSC1CCCC1)Cc1ccc(F)cc1C. The van der Waals surface area contributed by atoms with Crippen LogP contribution in [0.1, 0.15) is 50.2 Å². The Bertz CT molecular complexity index is 429. The van der Waals surface area contributed by atoms with Crippen molar-refractivity contribution in [1.29, 1.82) is 0 Å². The number of thioether (sulfide) groups is 1. The van der Waals surface area contributed by atoms with Gasteiger partial charge in [-0.05, 0) is 62.4 Å². The maximum atomic E-state index is 13.2. The number of hydrogen-bond donors (Lipinski definition) is 1. The van der Waals surface area contributed by atoms with Crippen molar-refractivity contribution in [1.82, 2.24) is 5.32 Å². The van der Waals surface area contributed by atoms with E-state index in [0.717, 1.165) is 30.2 Å². The van der Waals surface area contributed by atoms with Gasteiger partial charge in [-0.2, -0.15) is 11.8 Å². The predicted octanol–water partition coefficient (Wildman–Crippen LogP) is 4.72. The molecule has 1 N–H and O–H groups in total. The highest BCUT2D eigenvalue weighted by atomic mass is 32.2. The van der Waals surface area contributed by atoms with Crippen molar-refractivity contribution in [2.75, 3.05) is 12.3 Å². The quantitative estimate of drug-likeness (QED) is 0.745. The molecular weight excluding hydrogens is 281 g/mol. The van der Waals surface area contributed by atoms with E-state index in [4.69, 9.17) is 0 Å². The topological polar surface area (TPSA) is 12.0 Å². The first-order chi connectivity index (χ1) is 10.2. The highest BCUT2D eigenvalue weighted by Gasteiger charge is 2.18. The van der Waals surface area contributed by atoms with Crippen LogP contribution in [0.3, 0.4) is 0 Å². The highest BCUT2D eigenvalue weighted by molar-refractivity contribution is 7.99. The minimum atomic E-state index is -0.130. The van der Waals surface area contributed by atoms with Gasteiger partial charge in [-0.1, -0.05) is 25.8 Å². The van der Waals surface area contributed by atoms with E-state index in [1.807, 2.05) is 13.0 Å². The Labute approximate surface area is 133 Å². The van der Waals surface area contributed by atoms with E-state index in [1.165, 1.54) is 37.0 Å². The summed E-state index contributed by atoms with van der Waals surface area (Å²) in [7, 11) is 0. The van der Waals surface area contributed by atoms with E-state index in [2.05, 4.69) is 24.0 Å². The summed E-state index contributed by atoms with van der Waals surface area (Å²) < 4.78 is 13.2. The summed E-state index contributed by atoms with van der Waals surface area (Å²) >= 11 is 2.13. The third-order valence-electron chi connectivity index (χ3n) is 4.29. The first-order valence-electron chi connectivity index (χ1n) is 8.29. The molecule has 0 radical (unpaired) electrons. The van der Waals surface area contributed by atoms with Crippen LogP contribution in [0, 0.1) is 12.7 Å². The number of benzene rings is 1. The van der Waals surface area contributed by atoms with Crippen molar-refractivity contribution in [3.63, 3.8) is 0 Å². The fraction of sp³-hybridized carbons (Fsp3) is 0.667. The monoisotopic (exact) mass is 309 g/mol. The van der Waals surface area contributed by atoms with Crippen LogP contribution in [0.2, 0.25) is 0 Å². The second kappa shape index (κ2) is 8.79. The molecule has 0 spiro atoms. The second-order valence-electron chi connectivity index (χ2n) is 6.17. The summed E-state index contributed by atoms with van der Waals surface area (Å²) in [5.74, 6) is 1.04. The number of nitrogens with one attached hydrogen (secondary N) is 1. The lowest BCUT2D eigenvalue weighted by Crippen LogP contribution is -2.34. The number of rotatable bonds is 8. The fourth-order valence-corrected chi connectivity index (χ4v) is 4.41. The summed E-state index contributed by atoms with van der Waals surface area (Å²) in [6, 6.07) is 5.69. The van der Waals surface area contributed by atoms with E-state index >= 15 is 0 Å². The molecule has 0 saturated heterocycles. The Kier molecular flexibility index (Phi) is 7.05. The zero-order valence-electron chi connectivity index (χ0n) is 13.3. The van der Waals surface area contributed by atoms with Crippen molar-refractivity contribution in [3.05, 3.63) is 35.1 Å². The number of aryl methyl sites for hydroxylation is 1. The minimum Gasteiger partial charge on any atom is -0.313 e. The molecule has 1 saturated carbocycles. The first kappa shape index (κ1) is 16.8. The summed E-state index contributed by atoms with van der Waals surface area (Å²) in [4.78, 5) is 0. The molecule has 1 nitrogen and oxygen atoms in total. The molecule has 1 fully saturated rings. The zero-order chi connectivity index (χ0) is 15.1. The van der Waals surface area contributed by atoms with E-state index in [1.54, 1.807) is 12.1 Å². The van der Waals surface area contributed by atoms with Gasteiger partial charge < -0.3 is 5.32 Å². The summed E-state index contributed by atoms with van der Waals surface area (Å²) in [6.45, 7) is 5.28. The van der Waals surface area contributed by atoms with Gasteiger partial charge in [0.15, 0.2) is 0 Å². The van der Waals surface area contributed by atoms with Gasteiger partial charge in [0.2, 0.25) is 0 Å². The van der Waals surface area contributed by atoms with Crippen LogP contribution in [-0.4, -0.2) is 23.6 Å². The van der Waals surface area contributed by atoms with Crippen LogP contribution < -0.4 is 5.32 Å². The highest BCUT2D eigenvalue weighted by Crippen LogP contribution is 2.30. The van der Waals surface area contributed by atoms with Gasteiger partial charge >= 0.3 is 0 Å². The lowest BCUT2D eigenvalue weighted by Gasteiger charge is -2.21. The predicted molar refractivity (Wildman–Crippen MR) is 91.6 cm³/mol. The van der Waals surface area contributed by atoms with Crippen LogP contribution in [0.25, 0.3) is 0 Å². The van der Waals surface area contributed by atoms with Crippen LogP contribution >= 0.6 is 11.8 Å². The van der Waals surface area contributed by atoms with Crippen LogP contribution in [-0.2, 0) is 6.42 Å². The summed E-state index contributed by atoms with van der Waals surface area (Å²) in [5.41, 5.74) is 2.35. The Hall–Kier alpha value is -0.540. The first-order valence-corrected chi connectivity index (χ1v) is 9.34. The molecule has 1 atom stereocenters. The Morgan fingerprint density at radius 1 is 1.33 bits per heavy atom. The third kappa shape index (κ3) is 5.63. The van der Waals surface area contributed by atoms with Crippen molar-refractivity contribution >= 4 is 11.8 Å². The lowest BCUT2D eigenvalue weighted by molar-refractivity contribution is 0.547. The van der Waals surface area contributed by atoms with Gasteiger partial charge in [-0.15, -0.1) is 0 Å². The Morgan fingerprint density at radius 3 is 2.76 bits per heavy atom. The van der Waals surface area contributed by atoms with Gasteiger partial charge in [0.25, 0.3) is 0 Å². The fourth-order valence-electron chi connectivity index (χ4n) is 3.00. The van der Waals surface area contributed by atoms with Gasteiger partial charge in [-0.25, -0.2) is 4.39 Å². The Balaban J connectivity index is 1.90. The zero-order valence-corrected chi connectivity index (χ0v) is 14.1. The number of hydrogen-bond acceptors (Lipinski definition) is 2. The van der Waals surface area contributed by atoms with Crippen molar-refractivity contribution in [3.8, 4) is 0 Å². The Morgan fingerprint density at radius 2 is 2.10 bits per heavy atom. The van der Waals surface area contributed by atoms with Gasteiger partial charge in [-0.3, -0.25) is 0 Å². The minimum absolute atomic E-state index is 0.130. The molecule has 0 amide bonds. The molecule has 21 heavy (non-hydrogen) atoms. The molecule has 1 aromatic carbocycles. The molecule has 0 aliphatic heterocycles. The maximum absolute atomic E-state index is 13.2. The molecule has 0 aromatic heterocycles. The molecule has 1 aliphatic carbocycles. The molecule has 3 heteroatoms. The van der Waals surface area contributed by atoms with Crippen molar-refractivity contribution in [2.45, 2.75) is 63.7 Å². The smallest absolute Gasteiger partial charge is 0.123 e. The van der Waals surface area contributed by atoms with E-state index in [-0.39, 0.29) is 5.82 Å². The maximum Gasteiger partial charge on any atom is 0.123 e. The molecular formula is C18H28FNS. The number of halogens is 1. The summed E-state index contributed by atoms with van der Waals surface area (Å²) in [5, 5.41) is 4.54. The third-order valence-corrected chi connectivity index (χ3v) is 5.83. The van der Waals surface area contributed by atoms with Gasteiger partial charge in [0.1, 0.15) is 5.82 Å². The van der Waals surface area contributed by atoms with Gasteiger partial charge in [0, 0.05) is 17.0 Å². The van der Waals surface area contributed by atoms with E-state index < -0.39 is 0 Å². The summed E-state index contributed by atoms with van der Waals surface area (Å²) in [6.07, 6.45) is 7.75. The van der Waals surface area contributed by atoms with E-state index in [9.17, 15) is 4.39 Å². The van der Waals surface area contributed by atoms with Crippen LogP contribution in [0.4, 0.5) is 4.39 Å². The molecule has 0 heterocycles. The van der Waals surface area contributed by atoms with Crippen molar-refractivity contribution in [2.24, 2.45) is 0 Å². The molecule has 2 rings (SSSR count). The van der Waals surface area contributed by atoms with Crippen LogP contribution in [0.15, 0.2) is 18.2 Å². The largest absolute Gasteiger partial charge is 0.313 e. The standard InChI is InChI=1S/C18H28FNS/c1-3-10-20-17(13-21-18-6-4-5-7-18)12-15-8-9-16(19)11-14(15)2/h8-9,11,17-18,20H,3-7,10,12-13H2,1-2H3. The molecule has 118 valence electrons. The normalized spacial score (nSPS) is 17.3. The molecule has 1 unspecified atom stereocenters. The lowest BCUT2D eigenvalue weighted by atomic mass is 10.0. The molecule has 1 aliphatic rings. The van der Waals surface area contributed by atoms with Gasteiger partial charge in [0.05, 0.1) is 0 Å². The molecule has 1 aromatic rings. The average molecular weight is 309 g/mol. The van der Waals surface area contributed by atoms with Crippen molar-refractivity contribution < 1.29 is 4.39 Å². The van der Waals surface area contributed by atoms with Crippen LogP contribution in [0.5, 0.6) is 0 Å². The molecule has 0 bridgehead atoms.